The molecule has 0 spiro atoms. The van der Waals surface area contributed by atoms with Gasteiger partial charge in [0.05, 0.1) is 6.54 Å². The molecule has 1 aliphatic heterocycles. The average molecular weight is 217 g/mol. The van der Waals surface area contributed by atoms with Crippen molar-refractivity contribution < 1.29 is 26.7 Å². The van der Waals surface area contributed by atoms with Gasteiger partial charge in [0, 0.05) is 13.0 Å². The van der Waals surface area contributed by atoms with Crippen LogP contribution in [0, 0.1) is 0 Å². The zero-order valence-electron chi connectivity index (χ0n) is 7.07. The number of nitrogens with zero attached hydrogens (tertiary/aromatic N) is 1. The number of rotatable bonds is 0. The summed E-state index contributed by atoms with van der Waals surface area (Å²) in [5.41, 5.74) is 0. The summed E-state index contributed by atoms with van der Waals surface area (Å²) in [6.45, 7) is -1.39. The van der Waals surface area contributed by atoms with Gasteiger partial charge in [-0.2, -0.15) is 13.2 Å². The van der Waals surface area contributed by atoms with Crippen LogP contribution in [0.3, 0.4) is 0 Å². The first kappa shape index (κ1) is 11.2. The monoisotopic (exact) mass is 217 g/mol. The molecule has 0 radical (unpaired) electrons. The Labute approximate surface area is 76.7 Å². The van der Waals surface area contributed by atoms with Crippen LogP contribution in [-0.2, 0) is 4.79 Å². The molecule has 0 aromatic rings. The number of carbonyl (C=O) groups is 1. The molecule has 14 heavy (non-hydrogen) atoms. The van der Waals surface area contributed by atoms with Crippen LogP contribution in [0.25, 0.3) is 0 Å². The van der Waals surface area contributed by atoms with Gasteiger partial charge in [-0.25, -0.2) is 8.78 Å². The molecular formula is C7H8F5NO. The molecule has 1 heterocycles. The van der Waals surface area contributed by atoms with Crippen LogP contribution < -0.4 is 0 Å². The van der Waals surface area contributed by atoms with Crippen molar-refractivity contribution in [3.05, 3.63) is 0 Å². The molecule has 0 aromatic heterocycles. The minimum absolute atomic E-state index is 0.102. The normalized spacial score (nSPS) is 22.2. The molecule has 0 unspecified atom stereocenters. The Hall–Kier alpha value is -0.880. The first-order valence-electron chi connectivity index (χ1n) is 3.96. The number of carbonyl (C=O) groups excluding carboxylic acids is 1. The fourth-order valence-electron chi connectivity index (χ4n) is 1.32. The first-order chi connectivity index (χ1) is 6.22. The average Bonchev–Trinajstić information content (AvgIpc) is 1.99. The predicted molar refractivity (Wildman–Crippen MR) is 36.8 cm³/mol. The van der Waals surface area contributed by atoms with E-state index in [0.29, 0.717) is 0 Å². The highest BCUT2D eigenvalue weighted by atomic mass is 19.4. The Balaban J connectivity index is 2.66. The lowest BCUT2D eigenvalue weighted by atomic mass is 10.1. The summed E-state index contributed by atoms with van der Waals surface area (Å²) in [7, 11) is 0. The van der Waals surface area contributed by atoms with E-state index in [1.165, 1.54) is 0 Å². The van der Waals surface area contributed by atoms with E-state index >= 15 is 0 Å². The summed E-state index contributed by atoms with van der Waals surface area (Å²) >= 11 is 0. The third kappa shape index (κ3) is 2.55. The molecule has 1 rings (SSSR count). The van der Waals surface area contributed by atoms with Crippen molar-refractivity contribution in [2.45, 2.75) is 24.9 Å². The van der Waals surface area contributed by atoms with E-state index in [1.54, 1.807) is 0 Å². The SMILES string of the molecule is O=C(N1CCCC(F)(F)C1)C(F)(F)F. The van der Waals surface area contributed by atoms with E-state index < -0.39 is 31.0 Å². The number of piperidine rings is 1. The van der Waals surface area contributed by atoms with Gasteiger partial charge in [0.15, 0.2) is 0 Å². The summed E-state index contributed by atoms with van der Waals surface area (Å²) in [4.78, 5) is 10.7. The molecule has 0 saturated carbocycles. The molecule has 0 aromatic carbocycles. The number of alkyl halides is 5. The first-order valence-corrected chi connectivity index (χ1v) is 3.96. The van der Waals surface area contributed by atoms with E-state index in [2.05, 4.69) is 0 Å². The predicted octanol–water partition coefficient (Wildman–Crippen LogP) is 1.81. The van der Waals surface area contributed by atoms with Crippen LogP contribution in [0.15, 0.2) is 0 Å². The van der Waals surface area contributed by atoms with Crippen LogP contribution in [0.5, 0.6) is 0 Å². The van der Waals surface area contributed by atoms with Crippen molar-refractivity contribution in [2.75, 3.05) is 13.1 Å². The second-order valence-electron chi connectivity index (χ2n) is 3.18. The van der Waals surface area contributed by atoms with Crippen LogP contribution in [0.4, 0.5) is 22.0 Å². The molecule has 0 atom stereocenters. The summed E-state index contributed by atoms with van der Waals surface area (Å²) in [6, 6.07) is 0. The molecule has 2 nitrogen and oxygen atoms in total. The van der Waals surface area contributed by atoms with Crippen LogP contribution in [-0.4, -0.2) is 36.0 Å². The van der Waals surface area contributed by atoms with Crippen molar-refractivity contribution in [3.63, 3.8) is 0 Å². The zero-order chi connectivity index (χ0) is 11.0. The van der Waals surface area contributed by atoms with Gasteiger partial charge in [0.1, 0.15) is 0 Å². The molecule has 0 N–H and O–H groups in total. The maximum atomic E-state index is 12.6. The van der Waals surface area contributed by atoms with E-state index in [0.717, 1.165) is 0 Å². The fraction of sp³-hybridized carbons (Fsp3) is 0.857. The maximum Gasteiger partial charge on any atom is 0.471 e. The van der Waals surface area contributed by atoms with Gasteiger partial charge in [0.25, 0.3) is 5.92 Å². The number of halogens is 5. The van der Waals surface area contributed by atoms with Gasteiger partial charge in [-0.3, -0.25) is 4.79 Å². The van der Waals surface area contributed by atoms with E-state index in [1.807, 2.05) is 0 Å². The topological polar surface area (TPSA) is 20.3 Å². The van der Waals surface area contributed by atoms with Gasteiger partial charge in [-0.1, -0.05) is 0 Å². The Bertz CT molecular complexity index is 237. The second kappa shape index (κ2) is 3.36. The standard InChI is InChI=1S/C7H8F5NO/c8-6(9)2-1-3-13(4-6)5(14)7(10,11)12/h1-4H2. The molecule has 1 amide bonds. The Morgan fingerprint density at radius 3 is 2.29 bits per heavy atom. The van der Waals surface area contributed by atoms with Gasteiger partial charge in [-0.05, 0) is 6.42 Å². The largest absolute Gasteiger partial charge is 0.471 e. The molecule has 7 heteroatoms. The minimum Gasteiger partial charge on any atom is -0.329 e. The summed E-state index contributed by atoms with van der Waals surface area (Å²) in [5, 5.41) is 0. The summed E-state index contributed by atoms with van der Waals surface area (Å²) < 4.78 is 60.8. The van der Waals surface area contributed by atoms with Crippen molar-refractivity contribution >= 4 is 5.91 Å². The van der Waals surface area contributed by atoms with E-state index in [-0.39, 0.29) is 17.9 Å². The van der Waals surface area contributed by atoms with Crippen molar-refractivity contribution in [1.82, 2.24) is 4.90 Å². The Morgan fingerprint density at radius 2 is 1.86 bits per heavy atom. The molecular weight excluding hydrogens is 209 g/mol. The quantitative estimate of drug-likeness (QED) is 0.566. The number of hydrogen-bond acceptors (Lipinski definition) is 1. The zero-order valence-corrected chi connectivity index (χ0v) is 7.07. The molecule has 1 saturated heterocycles. The smallest absolute Gasteiger partial charge is 0.329 e. The Morgan fingerprint density at radius 1 is 1.29 bits per heavy atom. The molecule has 0 bridgehead atoms. The summed E-state index contributed by atoms with van der Waals surface area (Å²) in [6.07, 6.45) is -5.63. The number of likely N-dealkylation sites (tertiary alicyclic amines) is 1. The summed E-state index contributed by atoms with van der Waals surface area (Å²) in [5.74, 6) is -5.38. The van der Waals surface area contributed by atoms with Crippen LogP contribution >= 0.6 is 0 Å². The fourth-order valence-corrected chi connectivity index (χ4v) is 1.32. The molecule has 82 valence electrons. The van der Waals surface area contributed by atoms with Gasteiger partial charge in [0.2, 0.25) is 0 Å². The Kier molecular flexibility index (Phi) is 2.69. The van der Waals surface area contributed by atoms with Gasteiger partial charge < -0.3 is 4.90 Å². The lowest BCUT2D eigenvalue weighted by molar-refractivity contribution is -0.192. The highest BCUT2D eigenvalue weighted by molar-refractivity contribution is 5.82. The van der Waals surface area contributed by atoms with E-state index in [9.17, 15) is 26.7 Å². The van der Waals surface area contributed by atoms with Crippen LogP contribution in [0.2, 0.25) is 0 Å². The molecule has 1 aliphatic rings. The maximum absolute atomic E-state index is 12.6. The van der Waals surface area contributed by atoms with Crippen molar-refractivity contribution in [2.24, 2.45) is 0 Å². The van der Waals surface area contributed by atoms with Crippen molar-refractivity contribution in [1.29, 1.82) is 0 Å². The third-order valence-corrected chi connectivity index (χ3v) is 1.92. The highest BCUT2D eigenvalue weighted by Gasteiger charge is 2.47. The molecule has 0 aliphatic carbocycles. The van der Waals surface area contributed by atoms with Gasteiger partial charge in [-0.15, -0.1) is 0 Å². The second-order valence-corrected chi connectivity index (χ2v) is 3.18. The van der Waals surface area contributed by atoms with Crippen LogP contribution in [0.1, 0.15) is 12.8 Å². The minimum atomic E-state index is -5.06. The number of amides is 1. The van der Waals surface area contributed by atoms with Gasteiger partial charge >= 0.3 is 12.1 Å². The lowest BCUT2D eigenvalue weighted by Crippen LogP contribution is -2.50. The number of hydrogen-bond donors (Lipinski definition) is 0. The highest BCUT2D eigenvalue weighted by Crippen LogP contribution is 2.29. The third-order valence-electron chi connectivity index (χ3n) is 1.92. The van der Waals surface area contributed by atoms with Crippen molar-refractivity contribution in [3.8, 4) is 0 Å². The lowest BCUT2D eigenvalue weighted by Gasteiger charge is -2.32. The van der Waals surface area contributed by atoms with E-state index in [4.69, 9.17) is 0 Å². The molecule has 1 fully saturated rings.